The molecule has 0 bridgehead atoms. The molecule has 0 heterocycles. The Hall–Kier alpha value is -1.74. The molecule has 0 aliphatic carbocycles. The quantitative estimate of drug-likeness (QED) is 0.626. The molecule has 0 atom stereocenters. The summed E-state index contributed by atoms with van der Waals surface area (Å²) in [6.07, 6.45) is 0.378. The molecule has 9 heteroatoms. The average Bonchev–Trinajstić information content (AvgIpc) is 2.41. The third kappa shape index (κ3) is 3.88. The van der Waals surface area contributed by atoms with Crippen molar-refractivity contribution < 1.29 is 26.7 Å². The topological polar surface area (TPSA) is 89.7 Å². The lowest BCUT2D eigenvalue weighted by Gasteiger charge is -2.21. The molecular weight excluding hydrogens is 306 g/mol. The van der Waals surface area contributed by atoms with E-state index in [0.29, 0.717) is 12.5 Å². The van der Waals surface area contributed by atoms with Gasteiger partial charge in [-0.2, -0.15) is 4.31 Å². The largest absolute Gasteiger partial charge is 0.468 e. The van der Waals surface area contributed by atoms with Gasteiger partial charge in [0.25, 0.3) is 0 Å². The summed E-state index contributed by atoms with van der Waals surface area (Å²) in [5, 5.41) is 0. The lowest BCUT2D eigenvalue weighted by molar-refractivity contribution is -0.140. The zero-order valence-electron chi connectivity index (χ0n) is 11.6. The van der Waals surface area contributed by atoms with Crippen molar-refractivity contribution in [1.82, 2.24) is 4.31 Å². The van der Waals surface area contributed by atoms with Crippen molar-refractivity contribution in [3.8, 4) is 0 Å². The van der Waals surface area contributed by atoms with Gasteiger partial charge in [0.05, 0.1) is 7.11 Å². The first-order valence-corrected chi connectivity index (χ1v) is 7.49. The maximum Gasteiger partial charge on any atom is 0.321 e. The van der Waals surface area contributed by atoms with Crippen LogP contribution in [0.3, 0.4) is 0 Å². The molecular formula is C12H16F2N2O4S. The Kier molecular flexibility index (Phi) is 5.62. The summed E-state index contributed by atoms with van der Waals surface area (Å²) in [5.41, 5.74) is 5.11. The fourth-order valence-corrected chi connectivity index (χ4v) is 3.24. The fraction of sp³-hybridized carbons (Fsp3) is 0.417. The van der Waals surface area contributed by atoms with Crippen molar-refractivity contribution >= 4 is 21.7 Å². The van der Waals surface area contributed by atoms with E-state index in [1.807, 2.05) is 0 Å². The predicted molar refractivity (Wildman–Crippen MR) is 71.8 cm³/mol. The van der Waals surface area contributed by atoms with Crippen molar-refractivity contribution in [3.63, 3.8) is 0 Å². The summed E-state index contributed by atoms with van der Waals surface area (Å²) < 4.78 is 56.9. The minimum Gasteiger partial charge on any atom is -0.468 e. The number of halogens is 2. The van der Waals surface area contributed by atoms with Crippen LogP contribution in [0, 0.1) is 11.6 Å². The van der Waals surface area contributed by atoms with Crippen LogP contribution in [-0.2, 0) is 19.6 Å². The molecule has 0 unspecified atom stereocenters. The summed E-state index contributed by atoms with van der Waals surface area (Å²) in [4.78, 5) is 10.4. The Balaban J connectivity index is 3.32. The molecule has 1 rings (SSSR count). The van der Waals surface area contributed by atoms with Gasteiger partial charge in [0, 0.05) is 12.2 Å². The molecule has 6 nitrogen and oxygen atoms in total. The van der Waals surface area contributed by atoms with Crippen LogP contribution in [0.25, 0.3) is 0 Å². The van der Waals surface area contributed by atoms with Crippen LogP contribution in [0.15, 0.2) is 17.0 Å². The number of anilines is 1. The van der Waals surface area contributed by atoms with Gasteiger partial charge in [0.1, 0.15) is 11.4 Å². The van der Waals surface area contributed by atoms with Crippen LogP contribution in [0.5, 0.6) is 0 Å². The zero-order valence-corrected chi connectivity index (χ0v) is 12.4. The van der Waals surface area contributed by atoms with E-state index in [0.717, 1.165) is 17.5 Å². The van der Waals surface area contributed by atoms with E-state index < -0.39 is 39.1 Å². The van der Waals surface area contributed by atoms with Gasteiger partial charge in [-0.1, -0.05) is 6.92 Å². The maximum absolute atomic E-state index is 13.7. The van der Waals surface area contributed by atoms with Crippen molar-refractivity contribution in [2.75, 3.05) is 25.9 Å². The first kappa shape index (κ1) is 17.3. The Morgan fingerprint density at radius 3 is 2.52 bits per heavy atom. The summed E-state index contributed by atoms with van der Waals surface area (Å²) in [6, 6.07) is 1.49. The normalized spacial score (nSPS) is 11.7. The molecule has 0 amide bonds. The smallest absolute Gasteiger partial charge is 0.321 e. The second-order valence-corrected chi connectivity index (χ2v) is 6.14. The number of carbonyl (C=O) groups excluding carboxylic acids is 1. The summed E-state index contributed by atoms with van der Waals surface area (Å²) in [6.45, 7) is 1.03. The Morgan fingerprint density at radius 2 is 2.00 bits per heavy atom. The highest BCUT2D eigenvalue weighted by Gasteiger charge is 2.30. The molecule has 1 aromatic rings. The highest BCUT2D eigenvalue weighted by Crippen LogP contribution is 2.24. The van der Waals surface area contributed by atoms with Crippen LogP contribution >= 0.6 is 0 Å². The van der Waals surface area contributed by atoms with Gasteiger partial charge in [-0.25, -0.2) is 17.2 Å². The number of ether oxygens (including phenoxy) is 1. The molecule has 0 aromatic heterocycles. The third-order valence-electron chi connectivity index (χ3n) is 2.64. The molecule has 0 saturated heterocycles. The van der Waals surface area contributed by atoms with E-state index in [4.69, 9.17) is 5.73 Å². The minimum absolute atomic E-state index is 0.0483. The second-order valence-electron chi connectivity index (χ2n) is 4.23. The highest BCUT2D eigenvalue weighted by molar-refractivity contribution is 7.89. The average molecular weight is 322 g/mol. The minimum atomic E-state index is -4.41. The molecule has 0 spiro atoms. The van der Waals surface area contributed by atoms with Crippen LogP contribution in [0.1, 0.15) is 13.3 Å². The first-order chi connectivity index (χ1) is 9.73. The summed E-state index contributed by atoms with van der Waals surface area (Å²) in [5.74, 6) is -3.71. The van der Waals surface area contributed by atoms with Crippen molar-refractivity contribution in [2.45, 2.75) is 18.2 Å². The van der Waals surface area contributed by atoms with E-state index >= 15 is 0 Å². The predicted octanol–water partition coefficient (Wildman–Crippen LogP) is 1.12. The number of nitrogens with two attached hydrogens (primary N) is 1. The van der Waals surface area contributed by atoms with Crippen LogP contribution in [0.2, 0.25) is 0 Å². The number of benzene rings is 1. The molecule has 0 aliphatic heterocycles. The van der Waals surface area contributed by atoms with Gasteiger partial charge >= 0.3 is 5.97 Å². The SMILES string of the molecule is CCCN(CC(=O)OC)S(=O)(=O)c1cc(N)cc(F)c1F. The number of hydrogen-bond donors (Lipinski definition) is 1. The van der Waals surface area contributed by atoms with E-state index in [9.17, 15) is 22.0 Å². The van der Waals surface area contributed by atoms with Gasteiger partial charge in [0.15, 0.2) is 11.6 Å². The van der Waals surface area contributed by atoms with Gasteiger partial charge in [0.2, 0.25) is 10.0 Å². The molecule has 0 aliphatic rings. The summed E-state index contributed by atoms with van der Waals surface area (Å²) in [7, 11) is -3.31. The number of hydrogen-bond acceptors (Lipinski definition) is 5. The molecule has 1 aromatic carbocycles. The lowest BCUT2D eigenvalue weighted by atomic mass is 10.3. The maximum atomic E-state index is 13.7. The number of methoxy groups -OCH3 is 1. The number of rotatable bonds is 6. The molecule has 21 heavy (non-hydrogen) atoms. The van der Waals surface area contributed by atoms with Gasteiger partial charge in [-0.05, 0) is 18.6 Å². The van der Waals surface area contributed by atoms with E-state index in [1.54, 1.807) is 6.92 Å². The Bertz CT molecular complexity index is 634. The fourth-order valence-electron chi connectivity index (χ4n) is 1.65. The van der Waals surface area contributed by atoms with Crippen LogP contribution in [0.4, 0.5) is 14.5 Å². The first-order valence-electron chi connectivity index (χ1n) is 6.05. The van der Waals surface area contributed by atoms with Crippen molar-refractivity contribution in [3.05, 3.63) is 23.8 Å². The lowest BCUT2D eigenvalue weighted by Crippen LogP contribution is -2.37. The Labute approximate surface area is 121 Å². The highest BCUT2D eigenvalue weighted by atomic mass is 32.2. The number of sulfonamides is 1. The number of nitrogens with zero attached hydrogens (tertiary/aromatic N) is 1. The second kappa shape index (κ2) is 6.81. The molecule has 2 N–H and O–H groups in total. The number of esters is 1. The third-order valence-corrected chi connectivity index (χ3v) is 4.49. The monoisotopic (exact) mass is 322 g/mol. The van der Waals surface area contributed by atoms with Gasteiger partial charge in [-0.15, -0.1) is 0 Å². The van der Waals surface area contributed by atoms with E-state index in [2.05, 4.69) is 4.74 Å². The van der Waals surface area contributed by atoms with Crippen molar-refractivity contribution in [1.29, 1.82) is 0 Å². The number of carbonyl (C=O) groups is 1. The van der Waals surface area contributed by atoms with Crippen LogP contribution in [-0.4, -0.2) is 38.9 Å². The summed E-state index contributed by atoms with van der Waals surface area (Å²) >= 11 is 0. The standard InChI is InChI=1S/C12H16F2N2O4S/c1-3-4-16(7-11(17)20-2)21(18,19)10-6-8(15)5-9(13)12(10)14/h5-6H,3-4,7,15H2,1-2H3. The van der Waals surface area contributed by atoms with Crippen molar-refractivity contribution in [2.24, 2.45) is 0 Å². The van der Waals surface area contributed by atoms with Gasteiger partial charge < -0.3 is 10.5 Å². The van der Waals surface area contributed by atoms with E-state index in [1.165, 1.54) is 0 Å². The zero-order chi connectivity index (χ0) is 16.2. The molecule has 0 fully saturated rings. The molecule has 0 saturated carbocycles. The Morgan fingerprint density at radius 1 is 1.38 bits per heavy atom. The molecule has 0 radical (unpaired) electrons. The van der Waals surface area contributed by atoms with E-state index in [-0.39, 0.29) is 12.2 Å². The van der Waals surface area contributed by atoms with Gasteiger partial charge in [-0.3, -0.25) is 4.79 Å². The van der Waals surface area contributed by atoms with Crippen LogP contribution < -0.4 is 5.73 Å². The molecule has 118 valence electrons. The number of nitrogen functional groups attached to an aromatic ring is 1.